The standard InChI is InChI=1S/C30H31Cl4N3O4S/c1-42(40,41)37(24-13-14-25(32)27(34)17-24)19-29(38)36(18-21-11-12-22(31)16-26(21)33)28(15-20-7-3-2-4-8-20)30(39)35-23-9-5-6-10-23/h2-4,7-8,11-14,16-17,23,28H,5-6,9-10,15,18-19H2,1H3,(H,35,39)/t28-/m1/s1. The van der Waals surface area contributed by atoms with Crippen LogP contribution in [0.2, 0.25) is 20.1 Å². The highest BCUT2D eigenvalue weighted by molar-refractivity contribution is 7.92. The predicted molar refractivity (Wildman–Crippen MR) is 170 cm³/mol. The van der Waals surface area contributed by atoms with E-state index in [-0.39, 0.29) is 40.6 Å². The maximum atomic E-state index is 14.2. The van der Waals surface area contributed by atoms with Gasteiger partial charge in [0.25, 0.3) is 0 Å². The van der Waals surface area contributed by atoms with Gasteiger partial charge < -0.3 is 10.2 Å². The van der Waals surface area contributed by atoms with E-state index >= 15 is 0 Å². The van der Waals surface area contributed by atoms with Crippen LogP contribution in [0.25, 0.3) is 0 Å². The quantitative estimate of drug-likeness (QED) is 0.244. The molecule has 0 bridgehead atoms. The third kappa shape index (κ3) is 8.54. The molecule has 224 valence electrons. The third-order valence-corrected chi connectivity index (χ3v) is 9.67. The summed E-state index contributed by atoms with van der Waals surface area (Å²) < 4.78 is 26.8. The maximum absolute atomic E-state index is 14.2. The van der Waals surface area contributed by atoms with E-state index in [0.717, 1.165) is 41.8 Å². The third-order valence-electron chi connectivity index (χ3n) is 7.20. The molecule has 42 heavy (non-hydrogen) atoms. The molecule has 0 unspecified atom stereocenters. The Kier molecular flexibility index (Phi) is 11.1. The molecule has 2 amide bonds. The molecule has 1 fully saturated rings. The fraction of sp³-hybridized carbons (Fsp3) is 0.333. The molecule has 3 aromatic carbocycles. The minimum atomic E-state index is -3.95. The number of halogens is 4. The Bertz CT molecular complexity index is 1530. The molecule has 0 radical (unpaired) electrons. The Labute approximate surface area is 266 Å². The highest BCUT2D eigenvalue weighted by Crippen LogP contribution is 2.29. The summed E-state index contributed by atoms with van der Waals surface area (Å²) in [4.78, 5) is 29.5. The minimum Gasteiger partial charge on any atom is -0.352 e. The van der Waals surface area contributed by atoms with E-state index in [1.54, 1.807) is 18.2 Å². The average molecular weight is 671 g/mol. The molecule has 1 atom stereocenters. The second-order valence-corrected chi connectivity index (χ2v) is 13.9. The number of carbonyl (C=O) groups is 2. The van der Waals surface area contributed by atoms with E-state index in [0.29, 0.717) is 15.6 Å². The maximum Gasteiger partial charge on any atom is 0.244 e. The molecular formula is C30H31Cl4N3O4S. The summed E-state index contributed by atoms with van der Waals surface area (Å²) in [5.41, 5.74) is 1.56. The van der Waals surface area contributed by atoms with E-state index in [9.17, 15) is 18.0 Å². The lowest BCUT2D eigenvalue weighted by molar-refractivity contribution is -0.140. The molecular weight excluding hydrogens is 640 g/mol. The Hall–Kier alpha value is -2.49. The zero-order valence-corrected chi connectivity index (χ0v) is 26.7. The van der Waals surface area contributed by atoms with Gasteiger partial charge in [-0.25, -0.2) is 8.42 Å². The number of nitrogens with zero attached hydrogens (tertiary/aromatic N) is 2. The summed E-state index contributed by atoms with van der Waals surface area (Å²) in [6, 6.07) is 17.6. The van der Waals surface area contributed by atoms with Crippen molar-refractivity contribution in [3.63, 3.8) is 0 Å². The van der Waals surface area contributed by atoms with E-state index in [2.05, 4.69) is 5.32 Å². The first-order valence-corrected chi connectivity index (χ1v) is 16.8. The van der Waals surface area contributed by atoms with Crippen LogP contribution in [0.3, 0.4) is 0 Å². The topological polar surface area (TPSA) is 86.8 Å². The summed E-state index contributed by atoms with van der Waals surface area (Å²) in [6.07, 6.45) is 4.97. The van der Waals surface area contributed by atoms with Crippen molar-refractivity contribution in [2.45, 2.75) is 50.7 Å². The first kappa shape index (κ1) is 32.4. The van der Waals surface area contributed by atoms with E-state index in [4.69, 9.17) is 46.4 Å². The minimum absolute atomic E-state index is 0.00979. The van der Waals surface area contributed by atoms with Gasteiger partial charge in [0.05, 0.1) is 22.0 Å². The number of nitrogens with one attached hydrogen (secondary N) is 1. The highest BCUT2D eigenvalue weighted by atomic mass is 35.5. The van der Waals surface area contributed by atoms with Gasteiger partial charge in [-0.15, -0.1) is 0 Å². The van der Waals surface area contributed by atoms with Crippen molar-refractivity contribution in [1.82, 2.24) is 10.2 Å². The molecule has 3 aromatic rings. The van der Waals surface area contributed by atoms with Crippen molar-refractivity contribution in [2.24, 2.45) is 0 Å². The van der Waals surface area contributed by atoms with Crippen LogP contribution >= 0.6 is 46.4 Å². The molecule has 0 saturated heterocycles. The highest BCUT2D eigenvalue weighted by Gasteiger charge is 2.34. The number of carbonyl (C=O) groups excluding carboxylic acids is 2. The second-order valence-electron chi connectivity index (χ2n) is 10.3. The Morgan fingerprint density at radius 2 is 1.60 bits per heavy atom. The van der Waals surface area contributed by atoms with Gasteiger partial charge in [-0.3, -0.25) is 13.9 Å². The zero-order chi connectivity index (χ0) is 30.4. The fourth-order valence-electron chi connectivity index (χ4n) is 5.01. The van der Waals surface area contributed by atoms with Crippen LogP contribution in [0.1, 0.15) is 36.8 Å². The van der Waals surface area contributed by atoms with Crippen molar-refractivity contribution in [3.05, 3.63) is 97.9 Å². The Morgan fingerprint density at radius 1 is 0.905 bits per heavy atom. The predicted octanol–water partition coefficient (Wildman–Crippen LogP) is 6.77. The number of amides is 2. The number of sulfonamides is 1. The summed E-state index contributed by atoms with van der Waals surface area (Å²) in [6.45, 7) is -0.632. The molecule has 0 aromatic heterocycles. The molecule has 12 heteroatoms. The normalized spacial score (nSPS) is 14.4. The van der Waals surface area contributed by atoms with E-state index < -0.39 is 28.5 Å². The number of hydrogen-bond donors (Lipinski definition) is 1. The van der Waals surface area contributed by atoms with Crippen LogP contribution in [0.4, 0.5) is 5.69 Å². The van der Waals surface area contributed by atoms with E-state index in [1.807, 2.05) is 30.3 Å². The van der Waals surface area contributed by atoms with Crippen molar-refractivity contribution in [2.75, 3.05) is 17.1 Å². The van der Waals surface area contributed by atoms with Gasteiger partial charge in [-0.2, -0.15) is 0 Å². The van der Waals surface area contributed by atoms with Gasteiger partial charge in [0.1, 0.15) is 12.6 Å². The van der Waals surface area contributed by atoms with Crippen LogP contribution in [-0.4, -0.2) is 50.0 Å². The molecule has 1 aliphatic carbocycles. The van der Waals surface area contributed by atoms with Gasteiger partial charge in [0, 0.05) is 29.1 Å². The van der Waals surface area contributed by atoms with Crippen LogP contribution in [0, 0.1) is 0 Å². The molecule has 0 aliphatic heterocycles. The number of rotatable bonds is 11. The summed E-state index contributed by atoms with van der Waals surface area (Å²) in [5, 5.41) is 4.24. The smallest absolute Gasteiger partial charge is 0.244 e. The van der Waals surface area contributed by atoms with Gasteiger partial charge >= 0.3 is 0 Å². The SMILES string of the molecule is CS(=O)(=O)N(CC(=O)N(Cc1ccc(Cl)cc1Cl)[C@H](Cc1ccccc1)C(=O)NC1CCCC1)c1ccc(Cl)c(Cl)c1. The second kappa shape index (κ2) is 14.3. The van der Waals surface area contributed by atoms with Crippen molar-refractivity contribution >= 4 is 73.9 Å². The van der Waals surface area contributed by atoms with Gasteiger partial charge in [-0.05, 0) is 54.3 Å². The lowest BCUT2D eigenvalue weighted by Crippen LogP contribution is -2.54. The van der Waals surface area contributed by atoms with Gasteiger partial charge in [0.2, 0.25) is 21.8 Å². The zero-order valence-electron chi connectivity index (χ0n) is 22.9. The van der Waals surface area contributed by atoms with Crippen LogP contribution < -0.4 is 9.62 Å². The lowest BCUT2D eigenvalue weighted by Gasteiger charge is -2.34. The largest absolute Gasteiger partial charge is 0.352 e. The summed E-state index contributed by atoms with van der Waals surface area (Å²) in [7, 11) is -3.95. The monoisotopic (exact) mass is 669 g/mol. The molecule has 1 N–H and O–H groups in total. The van der Waals surface area contributed by atoms with Crippen molar-refractivity contribution in [1.29, 1.82) is 0 Å². The number of benzene rings is 3. The van der Waals surface area contributed by atoms with Gasteiger partial charge in [-0.1, -0.05) is 95.6 Å². The van der Waals surface area contributed by atoms with Crippen LogP contribution in [-0.2, 0) is 32.6 Å². The Balaban J connectivity index is 1.75. The van der Waals surface area contributed by atoms with E-state index in [1.165, 1.54) is 23.1 Å². The van der Waals surface area contributed by atoms with Crippen LogP contribution in [0.15, 0.2) is 66.7 Å². The molecule has 4 rings (SSSR count). The van der Waals surface area contributed by atoms with Crippen molar-refractivity contribution in [3.8, 4) is 0 Å². The molecule has 0 spiro atoms. The molecule has 0 heterocycles. The first-order valence-electron chi connectivity index (χ1n) is 13.4. The summed E-state index contributed by atoms with van der Waals surface area (Å²) >= 11 is 24.9. The first-order chi connectivity index (χ1) is 19.9. The average Bonchev–Trinajstić information content (AvgIpc) is 3.45. The Morgan fingerprint density at radius 3 is 2.21 bits per heavy atom. The molecule has 1 saturated carbocycles. The van der Waals surface area contributed by atoms with Crippen LogP contribution in [0.5, 0.6) is 0 Å². The molecule has 1 aliphatic rings. The summed E-state index contributed by atoms with van der Waals surface area (Å²) in [5.74, 6) is -0.912. The lowest BCUT2D eigenvalue weighted by atomic mass is 10.0. The van der Waals surface area contributed by atoms with Crippen molar-refractivity contribution < 1.29 is 18.0 Å². The number of anilines is 1. The number of hydrogen-bond acceptors (Lipinski definition) is 4. The molecule has 7 nitrogen and oxygen atoms in total. The fourth-order valence-corrected chi connectivity index (χ4v) is 6.61. The van der Waals surface area contributed by atoms with Gasteiger partial charge in [0.15, 0.2) is 0 Å².